The average molecular weight is 331 g/mol. The van der Waals surface area contributed by atoms with Gasteiger partial charge in [0.2, 0.25) is 0 Å². The van der Waals surface area contributed by atoms with Crippen molar-refractivity contribution in [2.45, 2.75) is 19.8 Å². The number of dihydropyridines is 1. The number of carboxylic acids is 1. The maximum absolute atomic E-state index is 12.0. The fraction of sp³-hybridized carbons (Fsp3) is 0.150. The number of carbonyl (C=O) groups is 1. The number of aliphatic carboxylic acids is 1. The van der Waals surface area contributed by atoms with Crippen LogP contribution in [-0.2, 0) is 4.79 Å². The zero-order valence-corrected chi connectivity index (χ0v) is 13.9. The van der Waals surface area contributed by atoms with Gasteiger partial charge in [-0.25, -0.2) is 4.79 Å². The highest BCUT2D eigenvalue weighted by molar-refractivity contribution is 5.96. The third kappa shape index (κ3) is 2.90. The number of carboxylic acid groups (broad SMARTS) is 1. The molecule has 2 aromatic rings. The lowest BCUT2D eigenvalue weighted by Crippen LogP contribution is -2.28. The lowest BCUT2D eigenvalue weighted by molar-refractivity contribution is -0.132. The van der Waals surface area contributed by atoms with Crippen LogP contribution < -0.4 is 5.32 Å². The van der Waals surface area contributed by atoms with Crippen LogP contribution in [0.5, 0.6) is 0 Å². The van der Waals surface area contributed by atoms with E-state index in [-0.39, 0.29) is 5.57 Å². The van der Waals surface area contributed by atoms with E-state index in [0.717, 1.165) is 11.3 Å². The largest absolute Gasteiger partial charge is 0.478 e. The molecular weight excluding hydrogens is 314 g/mol. The molecule has 0 bridgehead atoms. The van der Waals surface area contributed by atoms with Crippen molar-refractivity contribution in [1.29, 1.82) is 5.26 Å². The maximum atomic E-state index is 12.0. The number of rotatable bonds is 3. The minimum absolute atomic E-state index is 0.231. The monoisotopic (exact) mass is 331 g/mol. The summed E-state index contributed by atoms with van der Waals surface area (Å²) in [6, 6.07) is 14.8. The van der Waals surface area contributed by atoms with Crippen LogP contribution in [0.3, 0.4) is 0 Å². The van der Waals surface area contributed by atoms with Gasteiger partial charge in [-0.2, -0.15) is 5.26 Å². The fourth-order valence-corrected chi connectivity index (χ4v) is 3.30. The lowest BCUT2D eigenvalue weighted by atomic mass is 9.77. The van der Waals surface area contributed by atoms with Crippen LogP contribution in [0.4, 0.5) is 0 Å². The van der Waals surface area contributed by atoms with Gasteiger partial charge in [0, 0.05) is 29.1 Å². The molecular formula is C20H17N3O2. The number of nitriles is 1. The molecule has 5 nitrogen and oxygen atoms in total. The second kappa shape index (κ2) is 6.62. The molecule has 3 rings (SSSR count). The minimum Gasteiger partial charge on any atom is -0.478 e. The number of benzene rings is 1. The van der Waals surface area contributed by atoms with E-state index in [9.17, 15) is 15.2 Å². The Morgan fingerprint density at radius 1 is 1.16 bits per heavy atom. The van der Waals surface area contributed by atoms with Gasteiger partial charge < -0.3 is 10.4 Å². The summed E-state index contributed by atoms with van der Waals surface area (Å²) in [5, 5.41) is 22.5. The molecule has 1 unspecified atom stereocenters. The quantitative estimate of drug-likeness (QED) is 0.900. The Morgan fingerprint density at radius 3 is 2.52 bits per heavy atom. The molecule has 2 heterocycles. The molecule has 5 heteroatoms. The van der Waals surface area contributed by atoms with Gasteiger partial charge in [0.25, 0.3) is 0 Å². The van der Waals surface area contributed by atoms with Gasteiger partial charge in [-0.3, -0.25) is 4.98 Å². The van der Waals surface area contributed by atoms with Crippen molar-refractivity contribution in [2.24, 2.45) is 0 Å². The first-order chi connectivity index (χ1) is 12.0. The van der Waals surface area contributed by atoms with Crippen LogP contribution in [0.2, 0.25) is 0 Å². The molecule has 25 heavy (non-hydrogen) atoms. The lowest BCUT2D eigenvalue weighted by Gasteiger charge is -2.31. The molecule has 0 saturated carbocycles. The summed E-state index contributed by atoms with van der Waals surface area (Å²) in [4.78, 5) is 16.4. The fourth-order valence-electron chi connectivity index (χ4n) is 3.30. The Balaban J connectivity index is 2.31. The number of allylic oxidation sites excluding steroid dienone is 3. The highest BCUT2D eigenvalue weighted by Crippen LogP contribution is 2.43. The predicted octanol–water partition coefficient (Wildman–Crippen LogP) is 3.43. The summed E-state index contributed by atoms with van der Waals surface area (Å²) in [6.07, 6.45) is 1.68. The van der Waals surface area contributed by atoms with E-state index in [2.05, 4.69) is 16.4 Å². The van der Waals surface area contributed by atoms with Gasteiger partial charge >= 0.3 is 5.97 Å². The number of nitrogens with one attached hydrogen (secondary N) is 1. The molecule has 0 spiro atoms. The van der Waals surface area contributed by atoms with Crippen molar-refractivity contribution >= 4 is 11.5 Å². The number of hydrogen-bond donors (Lipinski definition) is 2. The SMILES string of the molecule is CC1=C(C(=O)O)C(c2ccccc2C#N)C(c2ccccn2)=C(C)N1. The Morgan fingerprint density at radius 2 is 1.88 bits per heavy atom. The van der Waals surface area contributed by atoms with Crippen molar-refractivity contribution in [3.63, 3.8) is 0 Å². The molecule has 0 amide bonds. The first-order valence-corrected chi connectivity index (χ1v) is 7.87. The van der Waals surface area contributed by atoms with E-state index in [1.165, 1.54) is 0 Å². The van der Waals surface area contributed by atoms with Gasteiger partial charge in [-0.1, -0.05) is 24.3 Å². The predicted molar refractivity (Wildman–Crippen MR) is 94.2 cm³/mol. The van der Waals surface area contributed by atoms with Crippen molar-refractivity contribution in [2.75, 3.05) is 0 Å². The van der Waals surface area contributed by atoms with E-state index in [0.29, 0.717) is 22.5 Å². The van der Waals surface area contributed by atoms with Crippen molar-refractivity contribution in [3.05, 3.63) is 82.4 Å². The standard InChI is InChI=1S/C20H17N3O2/c1-12-17(16-9-5-6-10-22-16)19(18(20(24)25)13(2)23-12)15-8-4-3-7-14(15)11-21/h3-10,19,23H,1-2H3,(H,24,25). The van der Waals surface area contributed by atoms with Crippen LogP contribution in [0.25, 0.3) is 5.57 Å². The molecule has 1 aliphatic rings. The summed E-state index contributed by atoms with van der Waals surface area (Å²) in [5.74, 6) is -1.58. The number of aromatic nitrogens is 1. The molecule has 0 aliphatic carbocycles. The normalized spacial score (nSPS) is 17.1. The second-order valence-corrected chi connectivity index (χ2v) is 5.85. The average Bonchev–Trinajstić information content (AvgIpc) is 2.61. The van der Waals surface area contributed by atoms with Crippen molar-refractivity contribution < 1.29 is 9.90 Å². The van der Waals surface area contributed by atoms with Crippen LogP contribution in [0.15, 0.2) is 65.6 Å². The number of nitrogens with zero attached hydrogens (tertiary/aromatic N) is 2. The van der Waals surface area contributed by atoms with Crippen molar-refractivity contribution in [1.82, 2.24) is 10.3 Å². The molecule has 0 fully saturated rings. The Bertz CT molecular complexity index is 937. The van der Waals surface area contributed by atoms with Crippen LogP contribution >= 0.6 is 0 Å². The maximum Gasteiger partial charge on any atom is 0.334 e. The van der Waals surface area contributed by atoms with Gasteiger partial charge in [-0.15, -0.1) is 0 Å². The Kier molecular flexibility index (Phi) is 4.36. The minimum atomic E-state index is -1.01. The van der Waals surface area contributed by atoms with Gasteiger partial charge in [0.1, 0.15) is 0 Å². The van der Waals surface area contributed by atoms with Gasteiger partial charge in [0.05, 0.1) is 22.9 Å². The highest BCUT2D eigenvalue weighted by Gasteiger charge is 2.35. The zero-order valence-electron chi connectivity index (χ0n) is 13.9. The second-order valence-electron chi connectivity index (χ2n) is 5.85. The molecule has 1 aromatic heterocycles. The summed E-state index contributed by atoms with van der Waals surface area (Å²) < 4.78 is 0. The molecule has 1 aliphatic heterocycles. The number of hydrogen-bond acceptors (Lipinski definition) is 4. The topological polar surface area (TPSA) is 86.0 Å². The van der Waals surface area contributed by atoms with Crippen LogP contribution in [-0.4, -0.2) is 16.1 Å². The Labute approximate surface area is 146 Å². The third-order valence-corrected chi connectivity index (χ3v) is 4.32. The van der Waals surface area contributed by atoms with E-state index in [1.807, 2.05) is 31.2 Å². The molecule has 124 valence electrons. The molecule has 2 N–H and O–H groups in total. The third-order valence-electron chi connectivity index (χ3n) is 4.32. The highest BCUT2D eigenvalue weighted by atomic mass is 16.4. The summed E-state index contributed by atoms with van der Waals surface area (Å²) in [5.41, 5.74) is 4.23. The van der Waals surface area contributed by atoms with E-state index in [1.54, 1.807) is 31.3 Å². The van der Waals surface area contributed by atoms with Gasteiger partial charge in [-0.05, 0) is 37.6 Å². The van der Waals surface area contributed by atoms with Crippen LogP contribution in [0, 0.1) is 11.3 Å². The van der Waals surface area contributed by atoms with Gasteiger partial charge in [0.15, 0.2) is 0 Å². The summed E-state index contributed by atoms with van der Waals surface area (Å²) in [6.45, 7) is 3.64. The van der Waals surface area contributed by atoms with E-state index < -0.39 is 11.9 Å². The first kappa shape index (κ1) is 16.5. The van der Waals surface area contributed by atoms with E-state index >= 15 is 0 Å². The van der Waals surface area contributed by atoms with Crippen LogP contribution in [0.1, 0.15) is 36.6 Å². The summed E-state index contributed by atoms with van der Waals surface area (Å²) in [7, 11) is 0. The molecule has 1 atom stereocenters. The molecule has 0 radical (unpaired) electrons. The first-order valence-electron chi connectivity index (χ1n) is 7.87. The zero-order chi connectivity index (χ0) is 18.0. The van der Waals surface area contributed by atoms with Crippen molar-refractivity contribution in [3.8, 4) is 6.07 Å². The van der Waals surface area contributed by atoms with E-state index in [4.69, 9.17) is 0 Å². The molecule has 0 saturated heterocycles. The Hall–Kier alpha value is -3.39. The summed E-state index contributed by atoms with van der Waals surface area (Å²) >= 11 is 0. The number of pyridine rings is 1. The smallest absolute Gasteiger partial charge is 0.334 e. The molecule has 1 aromatic carbocycles.